The minimum absolute atomic E-state index is 0.0178. The quantitative estimate of drug-likeness (QED) is 0.744. The second-order valence-corrected chi connectivity index (χ2v) is 7.35. The zero-order valence-electron chi connectivity index (χ0n) is 12.6. The highest BCUT2D eigenvalue weighted by molar-refractivity contribution is 8.00. The number of hydrogen-bond donors (Lipinski definition) is 0. The van der Waals surface area contributed by atoms with Gasteiger partial charge in [-0.2, -0.15) is 0 Å². The van der Waals surface area contributed by atoms with Gasteiger partial charge in [-0.05, 0) is 24.3 Å². The molecule has 1 aliphatic heterocycles. The van der Waals surface area contributed by atoms with E-state index in [0.717, 1.165) is 16.7 Å². The number of anilines is 1. The molecule has 8 heteroatoms. The van der Waals surface area contributed by atoms with Crippen LogP contribution in [0.5, 0.6) is 0 Å². The van der Waals surface area contributed by atoms with E-state index in [4.69, 9.17) is 23.2 Å². The lowest BCUT2D eigenvalue weighted by atomic mass is 10.2. The number of rotatable bonds is 4. The van der Waals surface area contributed by atoms with E-state index >= 15 is 0 Å². The van der Waals surface area contributed by atoms with Gasteiger partial charge in [0.1, 0.15) is 0 Å². The predicted molar refractivity (Wildman–Crippen MR) is 94.0 cm³/mol. The van der Waals surface area contributed by atoms with Crippen LogP contribution in [0.15, 0.2) is 47.4 Å². The molecule has 0 aliphatic carbocycles. The number of nitrogens with zero attached hydrogens (tertiary/aromatic N) is 1. The van der Waals surface area contributed by atoms with Crippen LogP contribution in [0.3, 0.4) is 0 Å². The minimum Gasteiger partial charge on any atom is -0.545 e. The maximum Gasteiger partial charge on any atom is 0.247 e. The highest BCUT2D eigenvalue weighted by Crippen LogP contribution is 2.38. The van der Waals surface area contributed by atoms with Crippen molar-refractivity contribution >= 4 is 58.4 Å². The van der Waals surface area contributed by atoms with E-state index in [-0.39, 0.29) is 22.7 Å². The highest BCUT2D eigenvalue weighted by Gasteiger charge is 2.41. The summed E-state index contributed by atoms with van der Waals surface area (Å²) in [7, 11) is 0. The molecule has 3 rings (SSSR count). The van der Waals surface area contributed by atoms with E-state index in [9.17, 15) is 19.5 Å². The molecule has 1 fully saturated rings. The van der Waals surface area contributed by atoms with Crippen molar-refractivity contribution in [3.8, 4) is 0 Å². The molecule has 2 aromatic carbocycles. The molecule has 1 unspecified atom stereocenters. The first-order chi connectivity index (χ1) is 11.9. The Balaban J connectivity index is 1.88. The van der Waals surface area contributed by atoms with Crippen molar-refractivity contribution in [1.29, 1.82) is 0 Å². The standard InChI is InChI=1S/C17H11Cl2NO4S/c18-9-5-6-12(11(19)7-9)20-15(21)8-14(16(20)22)25-13-4-2-1-3-10(13)17(23)24/h1-7,14H,8H2,(H,23,24)/p-1. The number of imide groups is 1. The van der Waals surface area contributed by atoms with Crippen LogP contribution >= 0.6 is 35.0 Å². The summed E-state index contributed by atoms with van der Waals surface area (Å²) in [6.07, 6.45) is -0.0517. The number of amides is 2. The number of carboxylic acid groups (broad SMARTS) is 1. The molecule has 0 bridgehead atoms. The zero-order chi connectivity index (χ0) is 18.1. The molecule has 1 aliphatic rings. The van der Waals surface area contributed by atoms with Gasteiger partial charge in [0.05, 0.1) is 21.9 Å². The topological polar surface area (TPSA) is 77.5 Å². The summed E-state index contributed by atoms with van der Waals surface area (Å²) in [5.41, 5.74) is 0.244. The summed E-state index contributed by atoms with van der Waals surface area (Å²) in [6.45, 7) is 0. The number of benzene rings is 2. The number of hydrogen-bond acceptors (Lipinski definition) is 5. The Morgan fingerprint density at radius 1 is 1.16 bits per heavy atom. The Morgan fingerprint density at radius 2 is 1.88 bits per heavy atom. The maximum atomic E-state index is 12.7. The molecule has 0 radical (unpaired) electrons. The first-order valence-corrected chi connectivity index (χ1v) is 8.81. The van der Waals surface area contributed by atoms with E-state index < -0.39 is 23.0 Å². The lowest BCUT2D eigenvalue weighted by molar-refractivity contribution is -0.255. The van der Waals surface area contributed by atoms with Crippen LogP contribution in [0.1, 0.15) is 16.8 Å². The molecule has 2 amide bonds. The van der Waals surface area contributed by atoms with Crippen LogP contribution in [0.2, 0.25) is 10.0 Å². The van der Waals surface area contributed by atoms with Crippen molar-refractivity contribution in [3.63, 3.8) is 0 Å². The monoisotopic (exact) mass is 394 g/mol. The van der Waals surface area contributed by atoms with Gasteiger partial charge < -0.3 is 9.90 Å². The molecule has 128 valence electrons. The Bertz CT molecular complexity index is 887. The Morgan fingerprint density at radius 3 is 2.56 bits per heavy atom. The fraction of sp³-hybridized carbons (Fsp3) is 0.118. The fourth-order valence-electron chi connectivity index (χ4n) is 2.50. The summed E-state index contributed by atoms with van der Waals surface area (Å²) >= 11 is 13.0. The lowest BCUT2D eigenvalue weighted by Gasteiger charge is -2.17. The third-order valence-corrected chi connectivity index (χ3v) is 5.43. The van der Waals surface area contributed by atoms with E-state index in [1.54, 1.807) is 18.2 Å². The number of thioether (sulfide) groups is 1. The Hall–Kier alpha value is -2.02. The summed E-state index contributed by atoms with van der Waals surface area (Å²) in [5.74, 6) is -2.19. The summed E-state index contributed by atoms with van der Waals surface area (Å²) in [6, 6.07) is 10.7. The SMILES string of the molecule is O=C([O-])c1ccccc1SC1CC(=O)N(c2ccc(Cl)cc2Cl)C1=O. The molecule has 1 heterocycles. The molecular weight excluding hydrogens is 385 g/mol. The van der Waals surface area contributed by atoms with Crippen LogP contribution in [0.25, 0.3) is 0 Å². The molecular formula is C17H10Cl2NO4S-. The van der Waals surface area contributed by atoms with E-state index in [1.807, 2.05) is 0 Å². The molecule has 1 saturated heterocycles. The zero-order valence-corrected chi connectivity index (χ0v) is 14.9. The smallest absolute Gasteiger partial charge is 0.247 e. The molecule has 0 saturated carbocycles. The third kappa shape index (κ3) is 3.51. The van der Waals surface area contributed by atoms with Crippen LogP contribution in [0.4, 0.5) is 5.69 Å². The molecule has 0 aromatic heterocycles. The van der Waals surface area contributed by atoms with Gasteiger partial charge in [-0.25, -0.2) is 4.90 Å². The van der Waals surface area contributed by atoms with Crippen molar-refractivity contribution in [1.82, 2.24) is 0 Å². The van der Waals surface area contributed by atoms with Gasteiger partial charge in [-0.3, -0.25) is 9.59 Å². The van der Waals surface area contributed by atoms with E-state index in [1.165, 1.54) is 24.3 Å². The van der Waals surface area contributed by atoms with Crippen molar-refractivity contribution in [2.75, 3.05) is 4.90 Å². The third-order valence-electron chi connectivity index (χ3n) is 3.63. The highest BCUT2D eigenvalue weighted by atomic mass is 35.5. The minimum atomic E-state index is -1.34. The summed E-state index contributed by atoms with van der Waals surface area (Å²) in [5, 5.41) is 11.0. The van der Waals surface area contributed by atoms with Gasteiger partial charge in [0.2, 0.25) is 11.8 Å². The summed E-state index contributed by atoms with van der Waals surface area (Å²) < 4.78 is 0. The Labute approximate surface area is 157 Å². The van der Waals surface area contributed by atoms with Crippen molar-refractivity contribution < 1.29 is 19.5 Å². The van der Waals surface area contributed by atoms with Crippen molar-refractivity contribution in [3.05, 3.63) is 58.1 Å². The number of carboxylic acids is 1. The Kier molecular flexibility index (Phi) is 5.03. The van der Waals surface area contributed by atoms with Gasteiger partial charge in [0.15, 0.2) is 0 Å². The second-order valence-electron chi connectivity index (χ2n) is 5.26. The van der Waals surface area contributed by atoms with Gasteiger partial charge in [0.25, 0.3) is 0 Å². The first kappa shape index (κ1) is 17.8. The second kappa shape index (κ2) is 7.07. The number of halogens is 2. The van der Waals surface area contributed by atoms with Crippen molar-refractivity contribution in [2.24, 2.45) is 0 Å². The van der Waals surface area contributed by atoms with Crippen LogP contribution in [-0.2, 0) is 9.59 Å². The van der Waals surface area contributed by atoms with E-state index in [2.05, 4.69) is 0 Å². The average molecular weight is 395 g/mol. The number of aromatic carboxylic acids is 1. The van der Waals surface area contributed by atoms with Crippen molar-refractivity contribution in [2.45, 2.75) is 16.6 Å². The molecule has 1 atom stereocenters. The predicted octanol–water partition coefficient (Wildman–Crippen LogP) is 2.78. The van der Waals surface area contributed by atoms with E-state index in [0.29, 0.717) is 9.92 Å². The molecule has 25 heavy (non-hydrogen) atoms. The maximum absolute atomic E-state index is 12.7. The number of carbonyl (C=O) groups excluding carboxylic acids is 3. The average Bonchev–Trinajstić information content (AvgIpc) is 2.82. The first-order valence-electron chi connectivity index (χ1n) is 7.17. The molecule has 2 aromatic rings. The summed E-state index contributed by atoms with van der Waals surface area (Å²) in [4.78, 5) is 37.6. The molecule has 0 spiro atoms. The largest absolute Gasteiger partial charge is 0.545 e. The molecule has 5 nitrogen and oxygen atoms in total. The van der Waals surface area contributed by atoms with Gasteiger partial charge in [-0.1, -0.05) is 41.4 Å². The van der Waals surface area contributed by atoms with Crippen LogP contribution in [0, 0.1) is 0 Å². The lowest BCUT2D eigenvalue weighted by Crippen LogP contribution is -2.31. The van der Waals surface area contributed by atoms with Gasteiger partial charge in [0, 0.05) is 21.9 Å². The van der Waals surface area contributed by atoms with Gasteiger partial charge >= 0.3 is 0 Å². The normalized spacial score (nSPS) is 17.2. The van der Waals surface area contributed by atoms with Crippen LogP contribution < -0.4 is 10.0 Å². The fourth-order valence-corrected chi connectivity index (χ4v) is 4.17. The number of carbonyl (C=O) groups is 3. The van der Waals surface area contributed by atoms with Crippen LogP contribution in [-0.4, -0.2) is 23.0 Å². The molecule has 0 N–H and O–H groups in total. The van der Waals surface area contributed by atoms with Gasteiger partial charge in [-0.15, -0.1) is 11.8 Å².